The Morgan fingerprint density at radius 3 is 1.56 bits per heavy atom. The Balaban J connectivity index is 1.11. The first-order valence-corrected chi connectivity index (χ1v) is 18.1. The van der Waals surface area contributed by atoms with E-state index in [4.69, 9.17) is 4.74 Å². The second kappa shape index (κ2) is 10.2. The molecule has 1 spiro atoms. The Labute approximate surface area is 302 Å². The SMILES string of the molecule is c1ccc2c(c1)Oc1cccc3ccc(-c4ccc(-c5ccc6c(c5)C5(c7ccccc7-c7ccccc75)c5ccccc5-6)c5ccccc45)c-2c13. The van der Waals surface area contributed by atoms with E-state index in [2.05, 4.69) is 182 Å². The van der Waals surface area contributed by atoms with Crippen molar-refractivity contribution in [3.8, 4) is 67.1 Å². The fraction of sp³-hybridized carbons (Fsp3) is 0.0196. The van der Waals surface area contributed by atoms with Crippen molar-refractivity contribution in [3.63, 3.8) is 0 Å². The summed E-state index contributed by atoms with van der Waals surface area (Å²) < 4.78 is 6.45. The predicted octanol–water partition coefficient (Wildman–Crippen LogP) is 13.4. The molecule has 0 fully saturated rings. The van der Waals surface area contributed by atoms with E-state index in [0.717, 1.165) is 17.1 Å². The zero-order valence-electron chi connectivity index (χ0n) is 28.2. The highest BCUT2D eigenvalue weighted by molar-refractivity contribution is 6.14. The maximum atomic E-state index is 6.45. The van der Waals surface area contributed by atoms with Crippen LogP contribution in [0.3, 0.4) is 0 Å². The summed E-state index contributed by atoms with van der Waals surface area (Å²) in [7, 11) is 0. The molecule has 12 rings (SSSR count). The van der Waals surface area contributed by atoms with E-state index in [1.54, 1.807) is 0 Å². The van der Waals surface area contributed by atoms with Crippen molar-refractivity contribution in [2.75, 3.05) is 0 Å². The molecule has 0 unspecified atom stereocenters. The van der Waals surface area contributed by atoms with Crippen molar-refractivity contribution in [1.82, 2.24) is 0 Å². The zero-order valence-corrected chi connectivity index (χ0v) is 28.2. The first-order valence-electron chi connectivity index (χ1n) is 18.1. The van der Waals surface area contributed by atoms with E-state index < -0.39 is 0 Å². The fourth-order valence-corrected chi connectivity index (χ4v) is 9.86. The smallest absolute Gasteiger partial charge is 0.135 e. The Kier molecular flexibility index (Phi) is 5.49. The van der Waals surface area contributed by atoms with E-state index in [1.165, 1.54) is 93.9 Å². The molecule has 0 N–H and O–H groups in total. The molecule has 52 heavy (non-hydrogen) atoms. The van der Waals surface area contributed by atoms with E-state index >= 15 is 0 Å². The predicted molar refractivity (Wildman–Crippen MR) is 214 cm³/mol. The van der Waals surface area contributed by atoms with Gasteiger partial charge in [0, 0.05) is 16.5 Å². The molecule has 0 radical (unpaired) electrons. The lowest BCUT2D eigenvalue weighted by Gasteiger charge is -2.30. The summed E-state index contributed by atoms with van der Waals surface area (Å²) in [5.41, 5.74) is 17.7. The number of rotatable bonds is 2. The zero-order chi connectivity index (χ0) is 34.0. The van der Waals surface area contributed by atoms with Gasteiger partial charge in [-0.2, -0.15) is 0 Å². The van der Waals surface area contributed by atoms with Crippen molar-refractivity contribution < 1.29 is 4.74 Å². The largest absolute Gasteiger partial charge is 0.456 e. The third-order valence-electron chi connectivity index (χ3n) is 11.9. The van der Waals surface area contributed by atoms with Crippen LogP contribution in [0, 0.1) is 0 Å². The van der Waals surface area contributed by atoms with Gasteiger partial charge in [-0.25, -0.2) is 0 Å². The van der Waals surface area contributed by atoms with Gasteiger partial charge < -0.3 is 4.74 Å². The molecule has 2 aliphatic carbocycles. The maximum absolute atomic E-state index is 6.45. The van der Waals surface area contributed by atoms with Crippen molar-refractivity contribution in [2.24, 2.45) is 0 Å². The van der Waals surface area contributed by atoms with E-state index in [1.807, 2.05) is 0 Å². The molecule has 0 atom stereocenters. The van der Waals surface area contributed by atoms with Crippen molar-refractivity contribution in [2.45, 2.75) is 5.41 Å². The summed E-state index contributed by atoms with van der Waals surface area (Å²) in [6, 6.07) is 67.3. The van der Waals surface area contributed by atoms with Gasteiger partial charge in [0.05, 0.1) is 5.41 Å². The number of hydrogen-bond acceptors (Lipinski definition) is 1. The summed E-state index contributed by atoms with van der Waals surface area (Å²) in [6.07, 6.45) is 0. The first kappa shape index (κ1) is 28.0. The second-order valence-corrected chi connectivity index (χ2v) is 14.3. The van der Waals surface area contributed by atoms with Gasteiger partial charge in [0.2, 0.25) is 0 Å². The van der Waals surface area contributed by atoms with Gasteiger partial charge in [0.25, 0.3) is 0 Å². The first-order chi connectivity index (χ1) is 25.8. The van der Waals surface area contributed by atoms with Crippen LogP contribution in [0.2, 0.25) is 0 Å². The summed E-state index contributed by atoms with van der Waals surface area (Å²) in [6.45, 7) is 0. The van der Waals surface area contributed by atoms with Crippen LogP contribution in [0.5, 0.6) is 11.5 Å². The molecule has 0 bridgehead atoms. The van der Waals surface area contributed by atoms with Crippen LogP contribution in [-0.2, 0) is 5.41 Å². The van der Waals surface area contributed by atoms with Crippen LogP contribution in [0.15, 0.2) is 182 Å². The highest BCUT2D eigenvalue weighted by Gasteiger charge is 2.51. The molecule has 0 saturated heterocycles. The molecular weight excluding hydrogens is 629 g/mol. The van der Waals surface area contributed by atoms with Crippen LogP contribution < -0.4 is 4.74 Å². The molecule has 1 nitrogen and oxygen atoms in total. The van der Waals surface area contributed by atoms with Crippen molar-refractivity contribution in [3.05, 3.63) is 204 Å². The average Bonchev–Trinajstić information content (AvgIpc) is 3.68. The standard InChI is InChI=1S/C51H30O/c1-2-14-35-34(13-1)33(28-29-36(35)41-27-24-31-12-11-23-48-49(31)50(41)42-18-6-10-22-47(42)52-48)32-25-26-40-39-17-5-9-21-45(39)51(46(40)30-32)43-19-7-3-15-37(43)38-16-4-8-20-44(38)51/h1-30H. The molecule has 1 aliphatic heterocycles. The molecule has 3 aliphatic rings. The lowest BCUT2D eigenvalue weighted by Crippen LogP contribution is -2.25. The molecule has 0 aromatic heterocycles. The average molecular weight is 659 g/mol. The van der Waals surface area contributed by atoms with E-state index in [9.17, 15) is 0 Å². The van der Waals surface area contributed by atoms with Gasteiger partial charge in [-0.15, -0.1) is 0 Å². The van der Waals surface area contributed by atoms with E-state index in [-0.39, 0.29) is 5.41 Å². The highest BCUT2D eigenvalue weighted by Crippen LogP contribution is 2.63. The lowest BCUT2D eigenvalue weighted by molar-refractivity contribution is 0.487. The van der Waals surface area contributed by atoms with Crippen LogP contribution >= 0.6 is 0 Å². The molecule has 9 aromatic carbocycles. The van der Waals surface area contributed by atoms with Crippen molar-refractivity contribution in [1.29, 1.82) is 0 Å². The molecule has 240 valence electrons. The third-order valence-corrected chi connectivity index (χ3v) is 11.9. The normalized spacial score (nSPS) is 13.7. The minimum Gasteiger partial charge on any atom is -0.456 e. The number of fused-ring (bicyclic) bond motifs is 13. The van der Waals surface area contributed by atoms with Gasteiger partial charge >= 0.3 is 0 Å². The van der Waals surface area contributed by atoms with Gasteiger partial charge in [-0.05, 0) is 101 Å². The van der Waals surface area contributed by atoms with Gasteiger partial charge in [-0.3, -0.25) is 0 Å². The van der Waals surface area contributed by atoms with Gasteiger partial charge in [0.1, 0.15) is 11.5 Å². The minimum atomic E-state index is -0.369. The molecule has 9 aromatic rings. The third kappa shape index (κ3) is 3.48. The van der Waals surface area contributed by atoms with Gasteiger partial charge in [-0.1, -0.05) is 164 Å². The fourth-order valence-electron chi connectivity index (χ4n) is 9.86. The van der Waals surface area contributed by atoms with E-state index in [0.29, 0.717) is 0 Å². The Hall–Kier alpha value is -6.70. The Bertz CT molecular complexity index is 2940. The number of hydrogen-bond donors (Lipinski definition) is 0. The molecular formula is C51H30O. The number of ether oxygens (including phenoxy) is 1. The van der Waals surface area contributed by atoms with Crippen LogP contribution in [0.25, 0.3) is 77.2 Å². The summed E-state index contributed by atoms with van der Waals surface area (Å²) in [4.78, 5) is 0. The monoisotopic (exact) mass is 658 g/mol. The van der Waals surface area contributed by atoms with Crippen LogP contribution in [0.1, 0.15) is 22.3 Å². The number of para-hydroxylation sites is 1. The van der Waals surface area contributed by atoms with Crippen molar-refractivity contribution >= 4 is 21.5 Å². The van der Waals surface area contributed by atoms with Crippen LogP contribution in [0.4, 0.5) is 0 Å². The minimum absolute atomic E-state index is 0.369. The molecule has 0 saturated carbocycles. The molecule has 0 amide bonds. The quantitative estimate of drug-likeness (QED) is 0.180. The molecule has 1 heteroatoms. The Morgan fingerprint density at radius 2 is 0.846 bits per heavy atom. The topological polar surface area (TPSA) is 9.23 Å². The van der Waals surface area contributed by atoms with Crippen LogP contribution in [-0.4, -0.2) is 0 Å². The van der Waals surface area contributed by atoms with Gasteiger partial charge in [0.15, 0.2) is 0 Å². The Morgan fingerprint density at radius 1 is 0.327 bits per heavy atom. The second-order valence-electron chi connectivity index (χ2n) is 14.3. The highest BCUT2D eigenvalue weighted by atomic mass is 16.5. The number of benzene rings is 9. The summed E-state index contributed by atoms with van der Waals surface area (Å²) >= 11 is 0. The lowest BCUT2D eigenvalue weighted by atomic mass is 9.70. The maximum Gasteiger partial charge on any atom is 0.135 e. The molecule has 1 heterocycles. The summed E-state index contributed by atoms with van der Waals surface area (Å²) in [5, 5.41) is 4.85. The summed E-state index contributed by atoms with van der Waals surface area (Å²) in [5.74, 6) is 1.82.